The number of carbonyl (C=O) groups excluding carboxylic acids is 1. The summed E-state index contributed by atoms with van der Waals surface area (Å²) in [6, 6.07) is 3.42. The molecule has 0 radical (unpaired) electrons. The number of furan rings is 1. The second kappa shape index (κ2) is 5.27. The maximum atomic E-state index is 11.8. The standard InChI is InChI=1S/C13H18N2O3/c1-3-8(2)11(16)7-14-13(17)10-6-12-9(15-10)4-5-18-12/h4-6,8,11,15-16H,3,7H2,1-2H3,(H,14,17). The fourth-order valence-electron chi connectivity index (χ4n) is 1.74. The third kappa shape index (κ3) is 2.56. The van der Waals surface area contributed by atoms with Gasteiger partial charge in [0.15, 0.2) is 5.58 Å². The van der Waals surface area contributed by atoms with Crippen LogP contribution in [-0.2, 0) is 0 Å². The van der Waals surface area contributed by atoms with Gasteiger partial charge in [-0.2, -0.15) is 0 Å². The van der Waals surface area contributed by atoms with Crippen molar-refractivity contribution in [3.8, 4) is 0 Å². The number of aromatic nitrogens is 1. The van der Waals surface area contributed by atoms with Crippen LogP contribution in [-0.4, -0.2) is 28.6 Å². The molecule has 5 heteroatoms. The lowest BCUT2D eigenvalue weighted by Gasteiger charge is -2.17. The van der Waals surface area contributed by atoms with Crippen LogP contribution < -0.4 is 5.32 Å². The number of aliphatic hydroxyl groups excluding tert-OH is 1. The molecular formula is C13H18N2O3. The Labute approximate surface area is 105 Å². The number of hydrogen-bond acceptors (Lipinski definition) is 3. The number of fused-ring (bicyclic) bond motifs is 1. The summed E-state index contributed by atoms with van der Waals surface area (Å²) in [5.41, 5.74) is 1.89. The summed E-state index contributed by atoms with van der Waals surface area (Å²) in [6.45, 7) is 4.22. The van der Waals surface area contributed by atoms with Crippen LogP contribution in [0.15, 0.2) is 22.8 Å². The first kappa shape index (κ1) is 12.7. The summed E-state index contributed by atoms with van der Waals surface area (Å²) >= 11 is 0. The Morgan fingerprint density at radius 3 is 3.06 bits per heavy atom. The van der Waals surface area contributed by atoms with Crippen molar-refractivity contribution < 1.29 is 14.3 Å². The number of aromatic amines is 1. The number of H-pyrrole nitrogens is 1. The molecule has 2 rings (SSSR count). The van der Waals surface area contributed by atoms with Crippen molar-refractivity contribution in [1.82, 2.24) is 10.3 Å². The van der Waals surface area contributed by atoms with Gasteiger partial charge in [-0.1, -0.05) is 20.3 Å². The number of hydrogen-bond donors (Lipinski definition) is 3. The van der Waals surface area contributed by atoms with Gasteiger partial charge in [-0.3, -0.25) is 4.79 Å². The second-order valence-electron chi connectivity index (χ2n) is 4.54. The zero-order valence-electron chi connectivity index (χ0n) is 10.6. The average Bonchev–Trinajstić information content (AvgIpc) is 2.94. The first-order valence-corrected chi connectivity index (χ1v) is 6.14. The molecule has 1 amide bonds. The smallest absolute Gasteiger partial charge is 0.267 e. The monoisotopic (exact) mass is 250 g/mol. The number of rotatable bonds is 5. The minimum Gasteiger partial charge on any atom is -0.463 e. The van der Waals surface area contributed by atoms with E-state index in [-0.39, 0.29) is 18.4 Å². The van der Waals surface area contributed by atoms with Gasteiger partial charge >= 0.3 is 0 Å². The highest BCUT2D eigenvalue weighted by molar-refractivity contribution is 5.96. The van der Waals surface area contributed by atoms with E-state index in [1.54, 1.807) is 18.4 Å². The minimum absolute atomic E-state index is 0.171. The summed E-state index contributed by atoms with van der Waals surface area (Å²) in [4.78, 5) is 14.8. The molecule has 0 spiro atoms. The van der Waals surface area contributed by atoms with Gasteiger partial charge < -0.3 is 19.8 Å². The molecule has 0 aliphatic heterocycles. The maximum absolute atomic E-state index is 11.8. The van der Waals surface area contributed by atoms with Gasteiger partial charge in [0.25, 0.3) is 5.91 Å². The molecular weight excluding hydrogens is 232 g/mol. The summed E-state index contributed by atoms with van der Waals surface area (Å²) in [5, 5.41) is 12.5. The summed E-state index contributed by atoms with van der Waals surface area (Å²) in [5.74, 6) is -0.0611. The van der Waals surface area contributed by atoms with E-state index in [4.69, 9.17) is 4.42 Å². The molecule has 98 valence electrons. The molecule has 0 aliphatic carbocycles. The van der Waals surface area contributed by atoms with Crippen LogP contribution in [0, 0.1) is 5.92 Å². The Hall–Kier alpha value is -1.75. The van der Waals surface area contributed by atoms with Gasteiger partial charge in [-0.25, -0.2) is 0 Å². The third-order valence-corrected chi connectivity index (χ3v) is 3.26. The molecule has 0 saturated heterocycles. The van der Waals surface area contributed by atoms with Crippen LogP contribution in [0.25, 0.3) is 11.1 Å². The van der Waals surface area contributed by atoms with E-state index >= 15 is 0 Å². The molecule has 18 heavy (non-hydrogen) atoms. The third-order valence-electron chi connectivity index (χ3n) is 3.26. The first-order valence-electron chi connectivity index (χ1n) is 6.14. The molecule has 0 bridgehead atoms. The summed E-state index contributed by atoms with van der Waals surface area (Å²) < 4.78 is 5.17. The zero-order valence-corrected chi connectivity index (χ0v) is 10.6. The molecule has 2 aromatic rings. The lowest BCUT2D eigenvalue weighted by Crippen LogP contribution is -2.35. The van der Waals surface area contributed by atoms with E-state index in [0.29, 0.717) is 11.3 Å². The maximum Gasteiger partial charge on any atom is 0.267 e. The molecule has 0 aliphatic rings. The van der Waals surface area contributed by atoms with Crippen LogP contribution in [0.4, 0.5) is 0 Å². The van der Waals surface area contributed by atoms with Crippen molar-refractivity contribution in [3.05, 3.63) is 24.1 Å². The lowest BCUT2D eigenvalue weighted by molar-refractivity contribution is 0.0846. The molecule has 2 atom stereocenters. The summed E-state index contributed by atoms with van der Waals surface area (Å²) in [7, 11) is 0. The fraction of sp³-hybridized carbons (Fsp3) is 0.462. The van der Waals surface area contributed by atoms with Gasteiger partial charge in [0.2, 0.25) is 0 Å². The van der Waals surface area contributed by atoms with Gasteiger partial charge in [-0.05, 0) is 5.92 Å². The van der Waals surface area contributed by atoms with E-state index in [1.165, 1.54) is 0 Å². The Morgan fingerprint density at radius 2 is 2.39 bits per heavy atom. The van der Waals surface area contributed by atoms with Crippen molar-refractivity contribution in [2.75, 3.05) is 6.54 Å². The molecule has 0 aromatic carbocycles. The second-order valence-corrected chi connectivity index (χ2v) is 4.54. The quantitative estimate of drug-likeness (QED) is 0.758. The van der Waals surface area contributed by atoms with Crippen LogP contribution in [0.1, 0.15) is 30.8 Å². The van der Waals surface area contributed by atoms with Crippen molar-refractivity contribution in [1.29, 1.82) is 0 Å². The highest BCUT2D eigenvalue weighted by Gasteiger charge is 2.15. The first-order chi connectivity index (χ1) is 8.61. The van der Waals surface area contributed by atoms with E-state index in [2.05, 4.69) is 10.3 Å². The van der Waals surface area contributed by atoms with Crippen LogP contribution in [0.2, 0.25) is 0 Å². The van der Waals surface area contributed by atoms with Crippen LogP contribution in [0.5, 0.6) is 0 Å². The van der Waals surface area contributed by atoms with Crippen molar-refractivity contribution in [2.45, 2.75) is 26.4 Å². The van der Waals surface area contributed by atoms with Crippen LogP contribution in [0.3, 0.4) is 0 Å². The van der Waals surface area contributed by atoms with Gasteiger partial charge in [-0.15, -0.1) is 0 Å². The topological polar surface area (TPSA) is 78.3 Å². The molecule has 2 unspecified atom stereocenters. The van der Waals surface area contributed by atoms with E-state index in [9.17, 15) is 9.90 Å². The molecule has 2 heterocycles. The number of amides is 1. The summed E-state index contributed by atoms with van der Waals surface area (Å²) in [6.07, 6.45) is 1.93. The fourth-order valence-corrected chi connectivity index (χ4v) is 1.74. The number of nitrogens with one attached hydrogen (secondary N) is 2. The highest BCUT2D eigenvalue weighted by Crippen LogP contribution is 2.15. The largest absolute Gasteiger partial charge is 0.463 e. The zero-order chi connectivity index (χ0) is 13.1. The molecule has 5 nitrogen and oxygen atoms in total. The Kier molecular flexibility index (Phi) is 3.72. The predicted molar refractivity (Wildman–Crippen MR) is 68.4 cm³/mol. The Bertz CT molecular complexity index is 501. The number of aliphatic hydroxyl groups is 1. The molecule has 0 saturated carbocycles. The SMILES string of the molecule is CCC(C)C(O)CNC(=O)c1cc2occc2[nH]1. The van der Waals surface area contributed by atoms with Crippen molar-refractivity contribution in [2.24, 2.45) is 5.92 Å². The highest BCUT2D eigenvalue weighted by atomic mass is 16.3. The average molecular weight is 250 g/mol. The van der Waals surface area contributed by atoms with Gasteiger partial charge in [0, 0.05) is 18.7 Å². The normalized spacial score (nSPS) is 14.6. The van der Waals surface area contributed by atoms with Gasteiger partial charge in [0.1, 0.15) is 5.69 Å². The van der Waals surface area contributed by atoms with Crippen LogP contribution >= 0.6 is 0 Å². The molecule has 0 fully saturated rings. The number of carbonyl (C=O) groups is 1. The predicted octanol–water partition coefficient (Wildman–Crippen LogP) is 1.90. The Balaban J connectivity index is 1.94. The van der Waals surface area contributed by atoms with Crippen molar-refractivity contribution in [3.63, 3.8) is 0 Å². The minimum atomic E-state index is -0.517. The van der Waals surface area contributed by atoms with Gasteiger partial charge in [0.05, 0.1) is 17.9 Å². The Morgan fingerprint density at radius 1 is 1.61 bits per heavy atom. The van der Waals surface area contributed by atoms with E-state index < -0.39 is 6.10 Å². The lowest BCUT2D eigenvalue weighted by atomic mass is 10.0. The van der Waals surface area contributed by atoms with E-state index in [0.717, 1.165) is 11.9 Å². The van der Waals surface area contributed by atoms with Crippen molar-refractivity contribution >= 4 is 17.0 Å². The molecule has 2 aromatic heterocycles. The van der Waals surface area contributed by atoms with E-state index in [1.807, 2.05) is 13.8 Å². The molecule has 3 N–H and O–H groups in total.